The Hall–Kier alpha value is -0.670. The number of aryl methyl sites for hydroxylation is 1. The molecule has 0 amide bonds. The van der Waals surface area contributed by atoms with Crippen LogP contribution in [0.4, 0.5) is 0 Å². The zero-order valence-electron chi connectivity index (χ0n) is 11.5. The number of halogens is 1. The molecule has 2 rings (SSSR count). The first kappa shape index (κ1) is 13.8. The maximum absolute atomic E-state index is 5.97. The van der Waals surface area contributed by atoms with E-state index in [-0.39, 0.29) is 0 Å². The Bertz CT molecular complexity index is 388. The normalized spacial score (nSPS) is 24.5. The molecule has 0 aliphatic heterocycles. The van der Waals surface area contributed by atoms with E-state index in [1.165, 1.54) is 25.7 Å². The molecule has 4 heteroatoms. The van der Waals surface area contributed by atoms with Crippen LogP contribution in [0.3, 0.4) is 0 Å². The summed E-state index contributed by atoms with van der Waals surface area (Å²) in [6, 6.07) is 2.46. The van der Waals surface area contributed by atoms with Crippen molar-refractivity contribution in [2.24, 2.45) is 5.92 Å². The molecule has 3 nitrogen and oxygen atoms in total. The second-order valence-electron chi connectivity index (χ2n) is 5.59. The van der Waals surface area contributed by atoms with Gasteiger partial charge in [0.15, 0.2) is 0 Å². The van der Waals surface area contributed by atoms with E-state index in [2.05, 4.69) is 28.8 Å². The van der Waals surface area contributed by atoms with Crippen molar-refractivity contribution in [2.45, 2.75) is 52.1 Å². The van der Waals surface area contributed by atoms with Crippen molar-refractivity contribution in [3.05, 3.63) is 22.7 Å². The van der Waals surface area contributed by atoms with Gasteiger partial charge in [-0.25, -0.2) is 9.97 Å². The predicted octanol–water partition coefficient (Wildman–Crippen LogP) is 3.45. The van der Waals surface area contributed by atoms with Crippen LogP contribution in [0.2, 0.25) is 5.15 Å². The van der Waals surface area contributed by atoms with Crippen LogP contribution < -0.4 is 0 Å². The molecule has 0 bridgehead atoms. The van der Waals surface area contributed by atoms with Crippen LogP contribution in [0.5, 0.6) is 0 Å². The van der Waals surface area contributed by atoms with Crippen molar-refractivity contribution in [3.8, 4) is 0 Å². The number of rotatable bonds is 3. The van der Waals surface area contributed by atoms with E-state index >= 15 is 0 Å². The average molecular weight is 268 g/mol. The van der Waals surface area contributed by atoms with Crippen molar-refractivity contribution >= 4 is 11.6 Å². The second kappa shape index (κ2) is 5.98. The standard InChI is InChI=1S/C14H22ClN3/c1-10-5-4-6-12(7-10)18(3)9-14-16-11(2)8-13(15)17-14/h8,10,12H,4-7,9H2,1-3H3. The molecular formula is C14H22ClN3. The highest BCUT2D eigenvalue weighted by molar-refractivity contribution is 6.29. The number of nitrogens with zero attached hydrogens (tertiary/aromatic N) is 3. The smallest absolute Gasteiger partial charge is 0.144 e. The van der Waals surface area contributed by atoms with E-state index < -0.39 is 0 Å². The molecule has 0 saturated heterocycles. The van der Waals surface area contributed by atoms with Gasteiger partial charge in [-0.2, -0.15) is 0 Å². The molecule has 1 fully saturated rings. The summed E-state index contributed by atoms with van der Waals surface area (Å²) in [6.45, 7) is 5.10. The summed E-state index contributed by atoms with van der Waals surface area (Å²) in [5, 5.41) is 0.544. The molecule has 0 spiro atoms. The van der Waals surface area contributed by atoms with Crippen LogP contribution in [-0.2, 0) is 6.54 Å². The van der Waals surface area contributed by atoms with E-state index in [4.69, 9.17) is 11.6 Å². The highest BCUT2D eigenvalue weighted by Gasteiger charge is 2.22. The second-order valence-corrected chi connectivity index (χ2v) is 5.98. The van der Waals surface area contributed by atoms with Gasteiger partial charge in [0.2, 0.25) is 0 Å². The highest BCUT2D eigenvalue weighted by Crippen LogP contribution is 2.27. The fourth-order valence-electron chi connectivity index (χ4n) is 2.81. The largest absolute Gasteiger partial charge is 0.296 e. The van der Waals surface area contributed by atoms with Crippen LogP contribution in [0.1, 0.15) is 44.1 Å². The van der Waals surface area contributed by atoms with Crippen molar-refractivity contribution in [2.75, 3.05) is 7.05 Å². The van der Waals surface area contributed by atoms with E-state index in [1.54, 1.807) is 6.07 Å². The molecule has 1 heterocycles. The Labute approximate surface area is 115 Å². The maximum atomic E-state index is 5.97. The summed E-state index contributed by atoms with van der Waals surface area (Å²) in [5.74, 6) is 1.67. The van der Waals surface area contributed by atoms with Gasteiger partial charge >= 0.3 is 0 Å². The molecule has 100 valence electrons. The lowest BCUT2D eigenvalue weighted by Gasteiger charge is -2.33. The summed E-state index contributed by atoms with van der Waals surface area (Å²) in [4.78, 5) is 11.1. The molecule has 0 radical (unpaired) electrons. The number of aromatic nitrogens is 2. The topological polar surface area (TPSA) is 29.0 Å². The molecule has 2 unspecified atom stereocenters. The third-order valence-corrected chi connectivity index (χ3v) is 3.99. The lowest BCUT2D eigenvalue weighted by molar-refractivity contribution is 0.154. The number of hydrogen-bond donors (Lipinski definition) is 0. The van der Waals surface area contributed by atoms with E-state index in [1.807, 2.05) is 6.92 Å². The Balaban J connectivity index is 1.99. The lowest BCUT2D eigenvalue weighted by Crippen LogP contribution is -2.35. The van der Waals surface area contributed by atoms with Gasteiger partial charge in [0, 0.05) is 11.7 Å². The molecule has 18 heavy (non-hydrogen) atoms. The predicted molar refractivity (Wildman–Crippen MR) is 74.7 cm³/mol. The molecule has 1 aromatic heterocycles. The quantitative estimate of drug-likeness (QED) is 0.786. The monoisotopic (exact) mass is 267 g/mol. The zero-order chi connectivity index (χ0) is 13.1. The lowest BCUT2D eigenvalue weighted by atomic mass is 9.86. The van der Waals surface area contributed by atoms with E-state index in [0.29, 0.717) is 11.2 Å². The first-order valence-corrected chi connectivity index (χ1v) is 7.12. The Kier molecular flexibility index (Phi) is 4.57. The van der Waals surface area contributed by atoms with Crippen LogP contribution in [0.15, 0.2) is 6.07 Å². The summed E-state index contributed by atoms with van der Waals surface area (Å²) in [7, 11) is 2.17. The highest BCUT2D eigenvalue weighted by atomic mass is 35.5. The van der Waals surface area contributed by atoms with Gasteiger partial charge in [-0.15, -0.1) is 0 Å². The van der Waals surface area contributed by atoms with Crippen molar-refractivity contribution in [1.82, 2.24) is 14.9 Å². The molecular weight excluding hydrogens is 246 g/mol. The first-order valence-electron chi connectivity index (χ1n) is 6.75. The zero-order valence-corrected chi connectivity index (χ0v) is 12.2. The Morgan fingerprint density at radius 2 is 2.17 bits per heavy atom. The molecule has 1 aliphatic carbocycles. The maximum Gasteiger partial charge on any atom is 0.144 e. The van der Waals surface area contributed by atoms with Gasteiger partial charge in [0.05, 0.1) is 6.54 Å². The van der Waals surface area contributed by atoms with Gasteiger partial charge in [-0.1, -0.05) is 31.4 Å². The molecule has 0 aromatic carbocycles. The summed E-state index contributed by atoms with van der Waals surface area (Å²) in [5.41, 5.74) is 0.940. The van der Waals surface area contributed by atoms with Gasteiger partial charge in [-0.05, 0) is 38.8 Å². The van der Waals surface area contributed by atoms with Crippen LogP contribution in [0.25, 0.3) is 0 Å². The Morgan fingerprint density at radius 3 is 2.83 bits per heavy atom. The summed E-state index contributed by atoms with van der Waals surface area (Å²) >= 11 is 5.97. The van der Waals surface area contributed by atoms with Gasteiger partial charge in [0.25, 0.3) is 0 Å². The SMILES string of the molecule is Cc1cc(Cl)nc(CN(C)C2CCCC(C)C2)n1. The number of hydrogen-bond acceptors (Lipinski definition) is 3. The summed E-state index contributed by atoms with van der Waals surface area (Å²) in [6.07, 6.45) is 5.29. The average Bonchev–Trinajstić information content (AvgIpc) is 2.27. The van der Waals surface area contributed by atoms with Crippen LogP contribution in [-0.4, -0.2) is 28.0 Å². The van der Waals surface area contributed by atoms with Gasteiger partial charge in [0.1, 0.15) is 11.0 Å². The van der Waals surface area contributed by atoms with Gasteiger partial charge < -0.3 is 0 Å². The van der Waals surface area contributed by atoms with Crippen LogP contribution >= 0.6 is 11.6 Å². The molecule has 1 aliphatic rings. The van der Waals surface area contributed by atoms with Gasteiger partial charge in [-0.3, -0.25) is 4.90 Å². The summed E-state index contributed by atoms with van der Waals surface area (Å²) < 4.78 is 0. The van der Waals surface area contributed by atoms with E-state index in [0.717, 1.165) is 24.0 Å². The van der Waals surface area contributed by atoms with Crippen molar-refractivity contribution < 1.29 is 0 Å². The third-order valence-electron chi connectivity index (χ3n) is 3.79. The fourth-order valence-corrected chi connectivity index (χ4v) is 3.07. The van der Waals surface area contributed by atoms with Crippen LogP contribution in [0, 0.1) is 12.8 Å². The first-order chi connectivity index (χ1) is 8.54. The minimum absolute atomic E-state index is 0.544. The van der Waals surface area contributed by atoms with Crippen molar-refractivity contribution in [3.63, 3.8) is 0 Å². The Morgan fingerprint density at radius 1 is 1.39 bits per heavy atom. The van der Waals surface area contributed by atoms with E-state index in [9.17, 15) is 0 Å². The molecule has 2 atom stereocenters. The molecule has 1 aromatic rings. The molecule has 0 N–H and O–H groups in total. The third kappa shape index (κ3) is 3.66. The molecule has 1 saturated carbocycles. The minimum atomic E-state index is 0.544. The van der Waals surface area contributed by atoms with Crippen molar-refractivity contribution in [1.29, 1.82) is 0 Å². The fraction of sp³-hybridized carbons (Fsp3) is 0.714. The minimum Gasteiger partial charge on any atom is -0.296 e.